The fourth-order valence-electron chi connectivity index (χ4n) is 8.15. The number of alkyl halides is 6. The zero-order valence-corrected chi connectivity index (χ0v) is 32.6. The summed E-state index contributed by atoms with van der Waals surface area (Å²) in [6, 6.07) is 13.9. The molecule has 2 aliphatic heterocycles. The molecular formula is C40H43Cl2F6N3O6. The van der Waals surface area contributed by atoms with E-state index in [9.17, 15) is 35.9 Å². The van der Waals surface area contributed by atoms with Crippen LogP contribution in [-0.4, -0.2) is 104 Å². The zero-order valence-electron chi connectivity index (χ0n) is 31.1. The molecule has 0 saturated carbocycles. The molecule has 0 aromatic heterocycles. The largest absolute Gasteiger partial charge is 0.416 e. The smallest absolute Gasteiger partial charge is 0.396 e. The second kappa shape index (κ2) is 17.4. The Bertz CT molecular complexity index is 1890. The van der Waals surface area contributed by atoms with E-state index in [4.69, 9.17) is 42.6 Å². The fourth-order valence-corrected chi connectivity index (χ4v) is 8.44. The number of carbonyl (C=O) groups is 2. The zero-order chi connectivity index (χ0) is 41.2. The molecule has 310 valence electrons. The Morgan fingerprint density at radius 1 is 0.947 bits per heavy atom. The molecule has 2 saturated heterocycles. The van der Waals surface area contributed by atoms with E-state index in [1.807, 2.05) is 12.1 Å². The maximum Gasteiger partial charge on any atom is 0.416 e. The lowest BCUT2D eigenvalue weighted by Crippen LogP contribution is -2.54. The lowest BCUT2D eigenvalue weighted by Gasteiger charge is -2.46. The summed E-state index contributed by atoms with van der Waals surface area (Å²) in [4.78, 5) is 35.5. The molecule has 6 rings (SSSR count). The lowest BCUT2D eigenvalue weighted by molar-refractivity contribution is -0.186. The van der Waals surface area contributed by atoms with Gasteiger partial charge in [-0.1, -0.05) is 53.5 Å². The van der Waals surface area contributed by atoms with E-state index in [2.05, 4.69) is 17.0 Å². The summed E-state index contributed by atoms with van der Waals surface area (Å²) >= 11 is 12.7. The summed E-state index contributed by atoms with van der Waals surface area (Å²) in [6.07, 6.45) is -7.78. The molecule has 3 aromatic carbocycles. The number of likely N-dealkylation sites (tertiary alicyclic amines) is 1. The summed E-state index contributed by atoms with van der Waals surface area (Å²) in [5.41, 5.74) is -2.61. The van der Waals surface area contributed by atoms with Crippen molar-refractivity contribution in [2.45, 2.75) is 61.6 Å². The number of aliphatic hydroxyl groups is 1. The second-order valence-corrected chi connectivity index (χ2v) is 15.5. The molecule has 9 nitrogen and oxygen atoms in total. The van der Waals surface area contributed by atoms with Crippen molar-refractivity contribution in [2.75, 3.05) is 66.2 Å². The highest BCUT2D eigenvalue weighted by Gasteiger charge is 2.50. The number of carbonyl (C=O) groups excluding carboxylic acids is 2. The van der Waals surface area contributed by atoms with Gasteiger partial charge in [-0.05, 0) is 92.2 Å². The van der Waals surface area contributed by atoms with Crippen LogP contribution in [0, 0.1) is 0 Å². The van der Waals surface area contributed by atoms with E-state index in [0.29, 0.717) is 69.4 Å². The summed E-state index contributed by atoms with van der Waals surface area (Å²) in [6.45, 7) is 1.40. The molecule has 2 atom stereocenters. The fraction of sp³-hybridized carbons (Fsp3) is 0.500. The summed E-state index contributed by atoms with van der Waals surface area (Å²) < 4.78 is 94.9. The van der Waals surface area contributed by atoms with Crippen molar-refractivity contribution < 1.29 is 55.3 Å². The molecule has 2 fully saturated rings. The highest BCUT2D eigenvalue weighted by molar-refractivity contribution is 6.42. The van der Waals surface area contributed by atoms with Crippen LogP contribution in [0.15, 0.2) is 60.7 Å². The van der Waals surface area contributed by atoms with Crippen molar-refractivity contribution in [1.29, 1.82) is 0 Å². The summed E-state index contributed by atoms with van der Waals surface area (Å²) in [5, 5.41) is 10.6. The van der Waals surface area contributed by atoms with Crippen LogP contribution in [0.3, 0.4) is 0 Å². The number of likely N-dealkylation sites (N-methyl/N-ethyl adjacent to an activating group) is 1. The van der Waals surface area contributed by atoms with E-state index in [1.165, 1.54) is 17.5 Å². The topological polar surface area (TPSA) is 91.8 Å². The first-order valence-electron chi connectivity index (χ1n) is 18.6. The normalized spacial score (nSPS) is 21.2. The Kier molecular flexibility index (Phi) is 13.2. The van der Waals surface area contributed by atoms with E-state index in [0.717, 1.165) is 10.6 Å². The quantitative estimate of drug-likeness (QED) is 0.115. The third-order valence-electron chi connectivity index (χ3n) is 11.3. The van der Waals surface area contributed by atoms with Crippen molar-refractivity contribution in [1.82, 2.24) is 14.9 Å². The molecule has 3 aliphatic rings. The maximum atomic E-state index is 13.8. The van der Waals surface area contributed by atoms with Crippen molar-refractivity contribution in [3.05, 3.63) is 104 Å². The Morgan fingerprint density at radius 3 is 2.28 bits per heavy atom. The van der Waals surface area contributed by atoms with Gasteiger partial charge < -0.3 is 24.4 Å². The summed E-state index contributed by atoms with van der Waals surface area (Å²) in [7, 11) is 1.51. The van der Waals surface area contributed by atoms with Gasteiger partial charge in [-0.3, -0.25) is 14.4 Å². The van der Waals surface area contributed by atoms with Crippen LogP contribution in [0.2, 0.25) is 10.0 Å². The number of nitrogens with zero attached hydrogens (tertiary/aromatic N) is 3. The number of benzene rings is 3. The number of aliphatic hydroxyl groups excluding tert-OH is 1. The van der Waals surface area contributed by atoms with Crippen LogP contribution in [0.4, 0.5) is 26.3 Å². The Hall–Kier alpha value is -3.44. The standard InChI is InChI=1S/C40H43Cl2F6N3O6/c1-49(57-17-4-16-52)35(53)24-55-34-21-26-5-2-3-6-31(26)37(34)9-12-50(13-10-37)14-11-38(28-7-8-32(41)33(42)23-28)25-51(15-18-56-38)36(54)27-19-29(39(43,44)45)22-30(20-27)40(46,47)48/h2-3,5-8,19-20,22-23,34,52H,4,9-18,21,24-25H2,1H3/t34-,38+/m0/s1. The van der Waals surface area contributed by atoms with Gasteiger partial charge in [-0.2, -0.15) is 26.3 Å². The maximum absolute atomic E-state index is 13.8. The first kappa shape index (κ1) is 43.1. The van der Waals surface area contributed by atoms with Crippen LogP contribution in [-0.2, 0) is 48.9 Å². The van der Waals surface area contributed by atoms with Gasteiger partial charge >= 0.3 is 12.4 Å². The highest BCUT2D eigenvalue weighted by Crippen LogP contribution is 2.48. The van der Waals surface area contributed by atoms with Crippen molar-refractivity contribution in [3.8, 4) is 0 Å². The van der Waals surface area contributed by atoms with Crippen LogP contribution in [0.1, 0.15) is 63.9 Å². The molecule has 1 N–H and O–H groups in total. The number of hydrogen-bond acceptors (Lipinski definition) is 7. The van der Waals surface area contributed by atoms with Crippen molar-refractivity contribution in [3.63, 3.8) is 0 Å². The Labute approximate surface area is 336 Å². The van der Waals surface area contributed by atoms with E-state index >= 15 is 0 Å². The van der Waals surface area contributed by atoms with E-state index in [-0.39, 0.29) is 73.1 Å². The molecule has 1 aliphatic carbocycles. The van der Waals surface area contributed by atoms with Gasteiger partial charge in [0.05, 0.1) is 47.0 Å². The molecule has 0 unspecified atom stereocenters. The van der Waals surface area contributed by atoms with Crippen LogP contribution >= 0.6 is 23.2 Å². The minimum atomic E-state index is -5.12. The first-order valence-corrected chi connectivity index (χ1v) is 19.3. The van der Waals surface area contributed by atoms with Crippen molar-refractivity contribution in [2.24, 2.45) is 0 Å². The van der Waals surface area contributed by atoms with E-state index in [1.54, 1.807) is 18.2 Å². The number of hydroxylamine groups is 2. The SMILES string of the molecule is CN(OCCCO)C(=O)CO[C@H]1Cc2ccccc2C12CCN(CC[C@]1(c3ccc(Cl)c(Cl)c3)CN(C(=O)c3cc(C(F)(F)F)cc(C(F)(F)F)c3)CCO1)CC2. The molecule has 2 heterocycles. The third kappa shape index (κ3) is 9.56. The van der Waals surface area contributed by atoms with Gasteiger partial charge in [-0.15, -0.1) is 0 Å². The van der Waals surface area contributed by atoms with Gasteiger partial charge in [0.2, 0.25) is 0 Å². The first-order chi connectivity index (χ1) is 27.0. The summed E-state index contributed by atoms with van der Waals surface area (Å²) in [5.74, 6) is -1.34. The third-order valence-corrected chi connectivity index (χ3v) is 12.0. The van der Waals surface area contributed by atoms with Gasteiger partial charge in [0, 0.05) is 37.7 Å². The highest BCUT2D eigenvalue weighted by atomic mass is 35.5. The molecular weight excluding hydrogens is 803 g/mol. The minimum absolute atomic E-state index is 0.00691. The predicted octanol–water partition coefficient (Wildman–Crippen LogP) is 7.54. The number of halogens is 8. The molecule has 1 spiro atoms. The Morgan fingerprint density at radius 2 is 1.63 bits per heavy atom. The number of hydrogen-bond donors (Lipinski definition) is 1. The van der Waals surface area contributed by atoms with Gasteiger partial charge in [0.1, 0.15) is 12.2 Å². The van der Waals surface area contributed by atoms with Gasteiger partial charge in [0.15, 0.2) is 0 Å². The number of fused-ring (bicyclic) bond motifs is 2. The lowest BCUT2D eigenvalue weighted by atomic mass is 9.72. The second-order valence-electron chi connectivity index (χ2n) is 14.7. The number of morpholine rings is 1. The number of piperidine rings is 1. The average molecular weight is 847 g/mol. The van der Waals surface area contributed by atoms with Gasteiger partial charge in [0.25, 0.3) is 11.8 Å². The van der Waals surface area contributed by atoms with Crippen LogP contribution < -0.4 is 0 Å². The Balaban J connectivity index is 1.20. The molecule has 0 bridgehead atoms. The van der Waals surface area contributed by atoms with Crippen LogP contribution in [0.25, 0.3) is 0 Å². The van der Waals surface area contributed by atoms with Crippen molar-refractivity contribution >= 4 is 35.0 Å². The molecule has 3 aromatic rings. The molecule has 0 radical (unpaired) electrons. The predicted molar refractivity (Wildman–Crippen MR) is 199 cm³/mol. The number of ether oxygens (including phenoxy) is 2. The van der Waals surface area contributed by atoms with E-state index < -0.39 is 40.6 Å². The monoisotopic (exact) mass is 845 g/mol. The number of rotatable bonds is 12. The molecule has 17 heteroatoms. The van der Waals surface area contributed by atoms with Crippen LogP contribution in [0.5, 0.6) is 0 Å². The molecule has 57 heavy (non-hydrogen) atoms. The van der Waals surface area contributed by atoms with Gasteiger partial charge in [-0.25, -0.2) is 5.06 Å². The number of amides is 2. The molecule has 2 amide bonds. The average Bonchev–Trinajstić information content (AvgIpc) is 3.48. The minimum Gasteiger partial charge on any atom is -0.396 e.